The minimum Gasteiger partial charge on any atom is -0.339 e. The first-order valence-corrected chi connectivity index (χ1v) is 11.2. The molecule has 1 N–H and O–H groups in total. The third-order valence-corrected chi connectivity index (χ3v) is 8.08. The Bertz CT molecular complexity index is 845. The van der Waals surface area contributed by atoms with Crippen molar-refractivity contribution in [3.8, 4) is 0 Å². The van der Waals surface area contributed by atoms with E-state index < -0.39 is 9.84 Å². The van der Waals surface area contributed by atoms with Crippen molar-refractivity contribution in [2.75, 3.05) is 29.9 Å². The van der Waals surface area contributed by atoms with Gasteiger partial charge in [0.15, 0.2) is 15.0 Å². The van der Waals surface area contributed by atoms with E-state index in [4.69, 9.17) is 0 Å². The number of fused-ring (bicyclic) bond motifs is 1. The molecule has 0 aliphatic carbocycles. The summed E-state index contributed by atoms with van der Waals surface area (Å²) in [4.78, 5) is 19.0. The van der Waals surface area contributed by atoms with Crippen molar-refractivity contribution >= 4 is 38.4 Å². The van der Waals surface area contributed by atoms with Crippen LogP contribution in [0.3, 0.4) is 0 Å². The number of rotatable bonds is 2. The minimum absolute atomic E-state index is 0.0159. The van der Waals surface area contributed by atoms with Gasteiger partial charge in [-0.05, 0) is 37.5 Å². The Balaban J connectivity index is 1.51. The third kappa shape index (κ3) is 3.42. The van der Waals surface area contributed by atoms with Crippen molar-refractivity contribution in [2.45, 2.75) is 31.1 Å². The molecule has 6 nitrogen and oxygen atoms in total. The van der Waals surface area contributed by atoms with E-state index in [0.717, 1.165) is 42.3 Å². The molecule has 3 aliphatic rings. The monoisotopic (exact) mass is 379 g/mol. The van der Waals surface area contributed by atoms with Gasteiger partial charge in [-0.25, -0.2) is 8.42 Å². The Kier molecular flexibility index (Phi) is 4.27. The fourth-order valence-corrected chi connectivity index (χ4v) is 7.19. The van der Waals surface area contributed by atoms with Gasteiger partial charge in [0.25, 0.3) is 5.91 Å². The van der Waals surface area contributed by atoms with Gasteiger partial charge in [0.05, 0.1) is 17.5 Å². The highest BCUT2D eigenvalue weighted by atomic mass is 32.2. The van der Waals surface area contributed by atoms with E-state index in [-0.39, 0.29) is 28.7 Å². The summed E-state index contributed by atoms with van der Waals surface area (Å²) in [6.45, 7) is 3.64. The van der Waals surface area contributed by atoms with Gasteiger partial charge in [-0.3, -0.25) is 9.79 Å². The zero-order valence-corrected chi connectivity index (χ0v) is 15.7. The summed E-state index contributed by atoms with van der Waals surface area (Å²) in [6, 6.07) is 5.54. The van der Waals surface area contributed by atoms with E-state index in [9.17, 15) is 13.2 Å². The van der Waals surface area contributed by atoms with Crippen LogP contribution in [0, 0.1) is 6.92 Å². The second kappa shape index (κ2) is 6.32. The van der Waals surface area contributed by atoms with Crippen LogP contribution in [0.4, 0.5) is 5.69 Å². The number of aryl methyl sites for hydroxylation is 1. The van der Waals surface area contributed by atoms with Crippen LogP contribution in [0.5, 0.6) is 0 Å². The highest BCUT2D eigenvalue weighted by Crippen LogP contribution is 2.35. The molecular weight excluding hydrogens is 358 g/mol. The SMILES string of the molecule is Cc1ccc(C(=O)N2CCCC2)cc1NC1=N[C@@H]2CS(=O)(=O)C[C@H]2S1. The maximum absolute atomic E-state index is 12.6. The number of benzene rings is 1. The van der Waals surface area contributed by atoms with Crippen LogP contribution >= 0.6 is 11.8 Å². The quantitative estimate of drug-likeness (QED) is 0.849. The number of anilines is 1. The summed E-state index contributed by atoms with van der Waals surface area (Å²) in [5.74, 6) is 0.413. The topological polar surface area (TPSA) is 78.8 Å². The van der Waals surface area contributed by atoms with Crippen LogP contribution in [0.2, 0.25) is 0 Å². The lowest BCUT2D eigenvalue weighted by molar-refractivity contribution is 0.0793. The van der Waals surface area contributed by atoms with E-state index in [1.807, 2.05) is 30.0 Å². The summed E-state index contributed by atoms with van der Waals surface area (Å²) in [6.07, 6.45) is 2.14. The summed E-state index contributed by atoms with van der Waals surface area (Å²) >= 11 is 1.49. The smallest absolute Gasteiger partial charge is 0.253 e. The van der Waals surface area contributed by atoms with E-state index in [1.54, 1.807) is 0 Å². The van der Waals surface area contributed by atoms with Crippen molar-refractivity contribution in [2.24, 2.45) is 4.99 Å². The number of likely N-dealkylation sites (tertiary alicyclic amines) is 1. The Morgan fingerprint density at radius 2 is 2.04 bits per heavy atom. The maximum Gasteiger partial charge on any atom is 0.253 e. The molecule has 25 heavy (non-hydrogen) atoms. The average molecular weight is 380 g/mol. The zero-order valence-electron chi connectivity index (χ0n) is 14.1. The number of aliphatic imine (C=N–C) groups is 1. The van der Waals surface area contributed by atoms with E-state index in [2.05, 4.69) is 10.3 Å². The Morgan fingerprint density at radius 1 is 1.28 bits per heavy atom. The Hall–Kier alpha value is -1.54. The second-order valence-corrected chi connectivity index (χ2v) is 10.3. The standard InChI is InChI=1S/C17H21N3O3S2/c1-11-4-5-12(16(21)20-6-2-3-7-20)8-13(11)18-17-19-14-9-25(22,23)10-15(14)24-17/h4-5,8,14-15H,2-3,6-7,9-10H2,1H3,(H,18,19)/t14-,15-/m1/s1. The molecule has 3 aliphatic heterocycles. The normalized spacial score (nSPS) is 27.2. The predicted octanol–water partition coefficient (Wildman–Crippen LogP) is 1.91. The fourth-order valence-electron chi connectivity index (χ4n) is 3.52. The highest BCUT2D eigenvalue weighted by molar-refractivity contribution is 8.15. The van der Waals surface area contributed by atoms with Gasteiger partial charge in [-0.2, -0.15) is 0 Å². The molecule has 0 saturated carbocycles. The largest absolute Gasteiger partial charge is 0.339 e. The van der Waals surface area contributed by atoms with Crippen LogP contribution in [0.1, 0.15) is 28.8 Å². The van der Waals surface area contributed by atoms with Crippen LogP contribution in [0.25, 0.3) is 0 Å². The molecule has 1 aromatic rings. The molecule has 0 bridgehead atoms. The van der Waals surface area contributed by atoms with E-state index in [0.29, 0.717) is 5.56 Å². The first-order chi connectivity index (χ1) is 11.9. The van der Waals surface area contributed by atoms with Crippen LogP contribution in [0.15, 0.2) is 23.2 Å². The molecule has 0 unspecified atom stereocenters. The number of sulfone groups is 1. The first-order valence-electron chi connectivity index (χ1n) is 8.53. The number of carbonyl (C=O) groups is 1. The first kappa shape index (κ1) is 16.9. The van der Waals surface area contributed by atoms with Gasteiger partial charge in [-0.1, -0.05) is 17.8 Å². The lowest BCUT2D eigenvalue weighted by Crippen LogP contribution is -2.27. The fraction of sp³-hybridized carbons (Fsp3) is 0.529. The van der Waals surface area contributed by atoms with Crippen LogP contribution in [-0.4, -0.2) is 60.3 Å². The molecular formula is C17H21N3O3S2. The lowest BCUT2D eigenvalue weighted by atomic mass is 10.1. The number of carbonyl (C=O) groups excluding carboxylic acids is 1. The van der Waals surface area contributed by atoms with Gasteiger partial charge < -0.3 is 10.2 Å². The molecule has 134 valence electrons. The second-order valence-electron chi connectivity index (χ2n) is 6.89. The van der Waals surface area contributed by atoms with Crippen molar-refractivity contribution in [3.05, 3.63) is 29.3 Å². The number of thioether (sulfide) groups is 1. The molecule has 2 fully saturated rings. The average Bonchev–Trinajstić information content (AvgIpc) is 3.23. The molecule has 4 rings (SSSR count). The maximum atomic E-state index is 12.6. The number of nitrogens with one attached hydrogen (secondary N) is 1. The van der Waals surface area contributed by atoms with Gasteiger partial charge in [0.1, 0.15) is 0 Å². The number of hydrogen-bond acceptors (Lipinski definition) is 6. The number of amides is 1. The van der Waals surface area contributed by atoms with Crippen molar-refractivity contribution in [3.63, 3.8) is 0 Å². The van der Waals surface area contributed by atoms with Gasteiger partial charge in [0.2, 0.25) is 0 Å². The van der Waals surface area contributed by atoms with Crippen molar-refractivity contribution < 1.29 is 13.2 Å². The van der Waals surface area contributed by atoms with Crippen molar-refractivity contribution in [1.82, 2.24) is 4.90 Å². The van der Waals surface area contributed by atoms with Crippen LogP contribution in [-0.2, 0) is 9.84 Å². The highest BCUT2D eigenvalue weighted by Gasteiger charge is 2.42. The van der Waals surface area contributed by atoms with E-state index >= 15 is 0 Å². The van der Waals surface area contributed by atoms with Crippen LogP contribution < -0.4 is 5.32 Å². The molecule has 0 spiro atoms. The summed E-state index contributed by atoms with van der Waals surface area (Å²) in [5.41, 5.74) is 2.58. The third-order valence-electron chi connectivity index (χ3n) is 4.94. The Labute approximate surface area is 152 Å². The number of hydrogen-bond donors (Lipinski definition) is 1. The van der Waals surface area contributed by atoms with Gasteiger partial charge in [-0.15, -0.1) is 0 Å². The minimum atomic E-state index is -2.94. The number of nitrogens with zero attached hydrogens (tertiary/aromatic N) is 2. The molecule has 1 amide bonds. The van der Waals surface area contributed by atoms with Gasteiger partial charge >= 0.3 is 0 Å². The lowest BCUT2D eigenvalue weighted by Gasteiger charge is -2.17. The molecule has 2 saturated heterocycles. The zero-order chi connectivity index (χ0) is 17.6. The van der Waals surface area contributed by atoms with Gasteiger partial charge in [0, 0.05) is 29.6 Å². The molecule has 3 heterocycles. The predicted molar refractivity (Wildman–Crippen MR) is 101 cm³/mol. The molecule has 0 aromatic heterocycles. The summed E-state index contributed by atoms with van der Waals surface area (Å²) in [5, 5.41) is 4.06. The summed E-state index contributed by atoms with van der Waals surface area (Å²) < 4.78 is 23.3. The summed E-state index contributed by atoms with van der Waals surface area (Å²) in [7, 11) is -2.94. The number of amidine groups is 1. The molecule has 8 heteroatoms. The molecule has 0 radical (unpaired) electrons. The van der Waals surface area contributed by atoms with Crippen molar-refractivity contribution in [1.29, 1.82) is 0 Å². The Morgan fingerprint density at radius 3 is 2.76 bits per heavy atom. The molecule has 1 aromatic carbocycles. The van der Waals surface area contributed by atoms with E-state index in [1.165, 1.54) is 11.8 Å². The molecule has 2 atom stereocenters.